The van der Waals surface area contributed by atoms with Crippen LogP contribution in [0.1, 0.15) is 28.6 Å². The van der Waals surface area contributed by atoms with Crippen molar-refractivity contribution in [3.8, 4) is 5.88 Å². The van der Waals surface area contributed by atoms with Crippen molar-refractivity contribution >= 4 is 39.9 Å². The number of fused-ring (bicyclic) bond motifs is 2. The molecule has 0 saturated carbocycles. The first kappa shape index (κ1) is 21.9. The first-order valence-electron chi connectivity index (χ1n) is 10.6. The van der Waals surface area contributed by atoms with Gasteiger partial charge in [-0.15, -0.1) is 0 Å². The molecule has 1 aliphatic heterocycles. The van der Waals surface area contributed by atoms with Crippen molar-refractivity contribution in [2.45, 2.75) is 26.1 Å². The number of aryl methyl sites for hydroxylation is 1. The third-order valence-electron chi connectivity index (χ3n) is 5.72. The highest BCUT2D eigenvalue weighted by Gasteiger charge is 2.35. The Labute approximate surface area is 200 Å². The van der Waals surface area contributed by atoms with Crippen LogP contribution in [0.5, 0.6) is 5.88 Å². The molecular weight excluding hydrogens is 454 g/mol. The Morgan fingerprint density at radius 2 is 2.06 bits per heavy atom. The van der Waals surface area contributed by atoms with Crippen LogP contribution in [0.3, 0.4) is 0 Å². The highest BCUT2D eigenvalue weighted by Crippen LogP contribution is 2.34. The number of aromatic hydroxyl groups is 1. The third-order valence-corrected chi connectivity index (χ3v) is 5.93. The number of nitrogens with zero attached hydrogens (tertiary/aromatic N) is 4. The van der Waals surface area contributed by atoms with Crippen molar-refractivity contribution in [1.82, 2.24) is 25.7 Å². The van der Waals surface area contributed by atoms with Crippen LogP contribution < -0.4 is 21.5 Å². The van der Waals surface area contributed by atoms with E-state index in [4.69, 9.17) is 17.3 Å². The largest absolute Gasteiger partial charge is 0.493 e. The minimum absolute atomic E-state index is 0.148. The van der Waals surface area contributed by atoms with Crippen LogP contribution in [0.2, 0.25) is 5.02 Å². The number of rotatable bonds is 5. The predicted molar refractivity (Wildman–Crippen MR) is 130 cm³/mol. The van der Waals surface area contributed by atoms with E-state index in [1.54, 1.807) is 18.3 Å². The van der Waals surface area contributed by atoms with Crippen LogP contribution in [0.4, 0.5) is 11.5 Å². The number of hydrogen-bond acceptors (Lipinski definition) is 8. The molecule has 0 aliphatic carbocycles. The smallest absolute Gasteiger partial charge is 0.245 e. The Hall–Kier alpha value is -3.95. The Morgan fingerprint density at radius 3 is 2.88 bits per heavy atom. The van der Waals surface area contributed by atoms with E-state index in [0.29, 0.717) is 35.3 Å². The summed E-state index contributed by atoms with van der Waals surface area (Å²) in [5.74, 6) is 0.0128. The molecule has 5 N–H and O–H groups in total. The van der Waals surface area contributed by atoms with Crippen LogP contribution >= 0.6 is 11.6 Å². The molecule has 1 aliphatic rings. The molecule has 34 heavy (non-hydrogen) atoms. The molecule has 1 aromatic carbocycles. The molecule has 4 aromatic rings. The van der Waals surface area contributed by atoms with Crippen molar-refractivity contribution in [2.75, 3.05) is 10.7 Å². The monoisotopic (exact) mass is 475 g/mol. The van der Waals surface area contributed by atoms with Crippen molar-refractivity contribution in [2.24, 2.45) is 0 Å². The SMILES string of the molecule is Cc1nc(N)ccc1CNC(=O)C1NN(Cc2ccc3ncc(Cl)cc3c2)c2ccc(O)nc21. The van der Waals surface area contributed by atoms with Crippen molar-refractivity contribution in [3.05, 3.63) is 82.3 Å². The molecule has 3 aromatic heterocycles. The van der Waals surface area contributed by atoms with Gasteiger partial charge in [-0.2, -0.15) is 0 Å². The van der Waals surface area contributed by atoms with E-state index in [0.717, 1.165) is 27.7 Å². The molecule has 4 heterocycles. The molecule has 0 spiro atoms. The van der Waals surface area contributed by atoms with Crippen LogP contribution in [0.15, 0.2) is 54.7 Å². The maximum atomic E-state index is 13.1. The lowest BCUT2D eigenvalue weighted by Gasteiger charge is -2.21. The van der Waals surface area contributed by atoms with Gasteiger partial charge in [-0.25, -0.2) is 15.4 Å². The molecule has 172 valence electrons. The second-order valence-corrected chi connectivity index (χ2v) is 8.54. The highest BCUT2D eigenvalue weighted by molar-refractivity contribution is 6.31. The van der Waals surface area contributed by atoms with Crippen LogP contribution in [-0.4, -0.2) is 26.0 Å². The number of carbonyl (C=O) groups excluding carboxylic acids is 1. The zero-order valence-electron chi connectivity index (χ0n) is 18.3. The van der Waals surface area contributed by atoms with Gasteiger partial charge in [-0.1, -0.05) is 23.7 Å². The number of halogens is 1. The summed E-state index contributed by atoms with van der Waals surface area (Å²) in [4.78, 5) is 25.9. The van der Waals surface area contributed by atoms with Gasteiger partial charge in [0.15, 0.2) is 0 Å². The second kappa shape index (κ2) is 8.77. The molecule has 10 heteroatoms. The second-order valence-electron chi connectivity index (χ2n) is 8.10. The summed E-state index contributed by atoms with van der Waals surface area (Å²) in [7, 11) is 0. The lowest BCUT2D eigenvalue weighted by atomic mass is 10.1. The molecule has 0 bridgehead atoms. The number of anilines is 2. The number of carbonyl (C=O) groups is 1. The number of pyridine rings is 3. The number of hydrogen-bond donors (Lipinski definition) is 4. The highest BCUT2D eigenvalue weighted by atomic mass is 35.5. The average molecular weight is 476 g/mol. The van der Waals surface area contributed by atoms with E-state index >= 15 is 0 Å². The molecule has 0 radical (unpaired) electrons. The standard InChI is InChI=1S/C24H22ClN7O2/c1-13-15(3-6-20(26)29-13)10-28-24(34)23-22-19(5-7-21(33)30-22)32(31-23)12-14-2-4-18-16(8-14)9-17(25)11-27-18/h2-9,11,23,31H,10,12H2,1H3,(H2,26,29)(H,28,34)(H,30,33). The maximum Gasteiger partial charge on any atom is 0.245 e. The lowest BCUT2D eigenvalue weighted by Crippen LogP contribution is -2.41. The van der Waals surface area contributed by atoms with Gasteiger partial charge in [0, 0.05) is 29.9 Å². The Kier molecular flexibility index (Phi) is 5.64. The molecule has 9 nitrogen and oxygen atoms in total. The molecule has 1 amide bonds. The number of nitrogen functional groups attached to an aromatic ring is 1. The van der Waals surface area contributed by atoms with Gasteiger partial charge >= 0.3 is 0 Å². The number of nitrogens with two attached hydrogens (primary N) is 1. The zero-order valence-corrected chi connectivity index (χ0v) is 19.0. The first-order valence-corrected chi connectivity index (χ1v) is 11.0. The van der Waals surface area contributed by atoms with E-state index in [1.165, 1.54) is 6.07 Å². The van der Waals surface area contributed by atoms with Gasteiger partial charge in [0.2, 0.25) is 11.8 Å². The van der Waals surface area contributed by atoms with E-state index in [9.17, 15) is 9.90 Å². The average Bonchev–Trinajstić information content (AvgIpc) is 3.15. The molecule has 1 atom stereocenters. The van der Waals surface area contributed by atoms with Gasteiger partial charge in [-0.3, -0.25) is 9.78 Å². The molecule has 5 rings (SSSR count). The van der Waals surface area contributed by atoms with Gasteiger partial charge in [0.25, 0.3) is 0 Å². The number of hydrazine groups is 1. The van der Waals surface area contributed by atoms with Gasteiger partial charge in [0.05, 0.1) is 28.5 Å². The molecular formula is C24H22ClN7O2. The van der Waals surface area contributed by atoms with Crippen molar-refractivity contribution < 1.29 is 9.90 Å². The summed E-state index contributed by atoms with van der Waals surface area (Å²) in [6.45, 7) is 2.60. The Bertz CT molecular complexity index is 1410. The molecule has 0 saturated heterocycles. The van der Waals surface area contributed by atoms with Gasteiger partial charge < -0.3 is 21.2 Å². The van der Waals surface area contributed by atoms with E-state index in [1.807, 2.05) is 42.3 Å². The number of nitrogens with one attached hydrogen (secondary N) is 2. The van der Waals surface area contributed by atoms with Crippen LogP contribution in [0, 0.1) is 6.92 Å². The predicted octanol–water partition coefficient (Wildman–Crippen LogP) is 3.16. The molecule has 1 unspecified atom stereocenters. The van der Waals surface area contributed by atoms with Crippen molar-refractivity contribution in [3.63, 3.8) is 0 Å². The summed E-state index contributed by atoms with van der Waals surface area (Å²) >= 11 is 6.10. The van der Waals surface area contributed by atoms with E-state index < -0.39 is 6.04 Å². The van der Waals surface area contributed by atoms with Crippen LogP contribution in [-0.2, 0) is 17.9 Å². The fourth-order valence-electron chi connectivity index (χ4n) is 4.01. The molecule has 0 fully saturated rings. The number of amides is 1. The lowest BCUT2D eigenvalue weighted by molar-refractivity contribution is -0.123. The Morgan fingerprint density at radius 1 is 1.21 bits per heavy atom. The number of benzene rings is 1. The van der Waals surface area contributed by atoms with Crippen molar-refractivity contribution in [1.29, 1.82) is 0 Å². The third kappa shape index (κ3) is 4.30. The summed E-state index contributed by atoms with van der Waals surface area (Å²) in [5.41, 5.74) is 13.6. The summed E-state index contributed by atoms with van der Waals surface area (Å²) in [5, 5.41) is 16.2. The number of aromatic nitrogens is 3. The van der Waals surface area contributed by atoms with Gasteiger partial charge in [-0.05, 0) is 48.4 Å². The summed E-state index contributed by atoms with van der Waals surface area (Å²) in [6, 6.07) is 13.8. The minimum Gasteiger partial charge on any atom is -0.493 e. The summed E-state index contributed by atoms with van der Waals surface area (Å²) < 4.78 is 0. The Balaban J connectivity index is 1.37. The normalized spacial score (nSPS) is 14.9. The van der Waals surface area contributed by atoms with Crippen LogP contribution in [0.25, 0.3) is 10.9 Å². The quantitative estimate of drug-likeness (QED) is 0.346. The zero-order chi connectivity index (χ0) is 23.8. The fourth-order valence-corrected chi connectivity index (χ4v) is 4.18. The van der Waals surface area contributed by atoms with E-state index in [-0.39, 0.29) is 11.8 Å². The van der Waals surface area contributed by atoms with E-state index in [2.05, 4.69) is 25.7 Å². The fraction of sp³-hybridized carbons (Fsp3) is 0.167. The maximum absolute atomic E-state index is 13.1. The first-order chi connectivity index (χ1) is 16.4. The summed E-state index contributed by atoms with van der Waals surface area (Å²) in [6.07, 6.45) is 1.62. The van der Waals surface area contributed by atoms with Gasteiger partial charge in [0.1, 0.15) is 11.9 Å². The minimum atomic E-state index is -0.763. The topological polar surface area (TPSA) is 129 Å².